The largest absolute Gasteiger partial charge is 0.494 e. The van der Waals surface area contributed by atoms with Gasteiger partial charge in [0.2, 0.25) is 17.6 Å². The summed E-state index contributed by atoms with van der Waals surface area (Å²) in [5, 5.41) is 6.66. The van der Waals surface area contributed by atoms with Gasteiger partial charge in [0.25, 0.3) is 0 Å². The molecule has 172 valence electrons. The van der Waals surface area contributed by atoms with Crippen molar-refractivity contribution in [3.8, 4) is 16.5 Å². The number of aromatic nitrogens is 3. The molecule has 9 heteroatoms. The number of anilines is 2. The molecule has 0 N–H and O–H groups in total. The summed E-state index contributed by atoms with van der Waals surface area (Å²) < 4.78 is 12.0. The Morgan fingerprint density at radius 2 is 1.91 bits per heavy atom. The van der Waals surface area contributed by atoms with Gasteiger partial charge in [0, 0.05) is 12.8 Å². The van der Waals surface area contributed by atoms with Gasteiger partial charge in [0.1, 0.15) is 5.75 Å². The number of aryl methyl sites for hydroxylation is 1. The number of fused-ring (bicyclic) bond motifs is 1. The number of carbonyl (C=O) groups is 1. The molecule has 34 heavy (non-hydrogen) atoms. The molecule has 1 amide bonds. The lowest BCUT2D eigenvalue weighted by molar-refractivity contribution is -0.118. The number of para-hydroxylation sites is 1. The lowest BCUT2D eigenvalue weighted by Crippen LogP contribution is -2.25. The van der Waals surface area contributed by atoms with E-state index in [0.717, 1.165) is 26.5 Å². The molecule has 0 saturated heterocycles. The molecule has 5 aromatic rings. The molecule has 0 fully saturated rings. The van der Waals surface area contributed by atoms with Gasteiger partial charge in [-0.1, -0.05) is 34.7 Å². The maximum Gasteiger partial charge on any atom is 0.233 e. The van der Waals surface area contributed by atoms with Crippen LogP contribution in [0.5, 0.6) is 5.75 Å². The molecule has 2 aromatic carbocycles. The van der Waals surface area contributed by atoms with E-state index in [1.165, 1.54) is 11.3 Å². The monoisotopic (exact) mass is 490 g/mol. The predicted molar refractivity (Wildman–Crippen MR) is 135 cm³/mol. The molecule has 0 spiro atoms. The lowest BCUT2D eigenvalue weighted by atomic mass is 10.2. The molecular weight excluding hydrogens is 468 g/mol. The van der Waals surface area contributed by atoms with Gasteiger partial charge in [-0.3, -0.25) is 9.69 Å². The molecule has 0 unspecified atom stereocenters. The van der Waals surface area contributed by atoms with E-state index in [-0.39, 0.29) is 5.91 Å². The minimum Gasteiger partial charge on any atom is -0.494 e. The van der Waals surface area contributed by atoms with Crippen molar-refractivity contribution in [2.75, 3.05) is 11.5 Å². The van der Waals surface area contributed by atoms with E-state index in [1.807, 2.05) is 73.0 Å². The molecule has 5 rings (SSSR count). The van der Waals surface area contributed by atoms with E-state index in [4.69, 9.17) is 14.2 Å². The Kier molecular flexibility index (Phi) is 6.64. The fourth-order valence-corrected chi connectivity index (χ4v) is 5.19. The molecule has 3 aromatic heterocycles. The third-order valence-electron chi connectivity index (χ3n) is 5.12. The molecule has 0 radical (unpaired) electrons. The van der Waals surface area contributed by atoms with Crippen molar-refractivity contribution >= 4 is 49.6 Å². The quantitative estimate of drug-likeness (QED) is 0.235. The van der Waals surface area contributed by atoms with Crippen LogP contribution in [-0.2, 0) is 11.2 Å². The lowest BCUT2D eigenvalue weighted by Gasteiger charge is -2.20. The molecule has 0 saturated carbocycles. The molecule has 7 nitrogen and oxygen atoms in total. The van der Waals surface area contributed by atoms with Crippen molar-refractivity contribution in [2.24, 2.45) is 0 Å². The number of thiazole rings is 1. The van der Waals surface area contributed by atoms with Gasteiger partial charge in [-0.15, -0.1) is 11.3 Å². The SMILES string of the molecule is CCOc1ccc(N(C(=O)CCCc2nc(-c3cccs3)no2)c2nc3ccccc3s2)cc1. The van der Waals surface area contributed by atoms with Crippen LogP contribution >= 0.6 is 22.7 Å². The summed E-state index contributed by atoms with van der Waals surface area (Å²) in [5.74, 6) is 1.84. The van der Waals surface area contributed by atoms with E-state index < -0.39 is 0 Å². The van der Waals surface area contributed by atoms with Gasteiger partial charge >= 0.3 is 0 Å². The number of benzene rings is 2. The fraction of sp³-hybridized carbons (Fsp3) is 0.200. The minimum atomic E-state index is -0.0405. The van der Waals surface area contributed by atoms with E-state index >= 15 is 0 Å². The summed E-state index contributed by atoms with van der Waals surface area (Å²) in [5.41, 5.74) is 1.63. The summed E-state index contributed by atoms with van der Waals surface area (Å²) in [6.07, 6.45) is 1.43. The first-order valence-corrected chi connectivity index (χ1v) is 12.7. The number of amides is 1. The number of ether oxygens (including phenoxy) is 1. The fourth-order valence-electron chi connectivity index (χ4n) is 3.54. The van der Waals surface area contributed by atoms with E-state index in [9.17, 15) is 4.79 Å². The highest BCUT2D eigenvalue weighted by Gasteiger charge is 2.22. The Labute approximate surface area is 204 Å². The van der Waals surface area contributed by atoms with E-state index in [0.29, 0.717) is 42.7 Å². The second-order valence-electron chi connectivity index (χ2n) is 7.46. The van der Waals surface area contributed by atoms with Crippen LogP contribution in [0.3, 0.4) is 0 Å². The molecule has 0 atom stereocenters. The first-order chi connectivity index (χ1) is 16.7. The highest BCUT2D eigenvalue weighted by molar-refractivity contribution is 7.22. The van der Waals surface area contributed by atoms with Crippen molar-refractivity contribution in [2.45, 2.75) is 26.2 Å². The van der Waals surface area contributed by atoms with Crippen LogP contribution in [0.2, 0.25) is 0 Å². The number of carbonyl (C=O) groups excluding carboxylic acids is 1. The smallest absolute Gasteiger partial charge is 0.233 e. The zero-order chi connectivity index (χ0) is 23.3. The summed E-state index contributed by atoms with van der Waals surface area (Å²) in [7, 11) is 0. The van der Waals surface area contributed by atoms with Crippen LogP contribution < -0.4 is 9.64 Å². The highest BCUT2D eigenvalue weighted by Crippen LogP contribution is 2.35. The Bertz CT molecular complexity index is 1340. The third kappa shape index (κ3) is 4.85. The summed E-state index contributed by atoms with van der Waals surface area (Å²) in [6, 6.07) is 19.3. The average Bonchev–Trinajstić information content (AvgIpc) is 3.61. The third-order valence-corrected chi connectivity index (χ3v) is 7.01. The number of thiophene rings is 1. The van der Waals surface area contributed by atoms with Crippen molar-refractivity contribution in [1.82, 2.24) is 15.1 Å². The van der Waals surface area contributed by atoms with Gasteiger partial charge in [0.15, 0.2) is 5.13 Å². The summed E-state index contributed by atoms with van der Waals surface area (Å²) in [4.78, 5) is 25.2. The van der Waals surface area contributed by atoms with Crippen molar-refractivity contribution in [3.05, 3.63) is 71.9 Å². The summed E-state index contributed by atoms with van der Waals surface area (Å²) in [6.45, 7) is 2.53. The Hall–Kier alpha value is -3.56. The van der Waals surface area contributed by atoms with Gasteiger partial charge in [-0.25, -0.2) is 4.98 Å². The van der Waals surface area contributed by atoms with Crippen molar-refractivity contribution < 1.29 is 14.1 Å². The Morgan fingerprint density at radius 3 is 2.68 bits per heavy atom. The normalized spacial score (nSPS) is 11.1. The topological polar surface area (TPSA) is 81.4 Å². The van der Waals surface area contributed by atoms with Crippen LogP contribution in [0.1, 0.15) is 25.7 Å². The number of rotatable bonds is 9. The van der Waals surface area contributed by atoms with Crippen LogP contribution in [0, 0.1) is 0 Å². The van der Waals surface area contributed by atoms with Crippen molar-refractivity contribution in [1.29, 1.82) is 0 Å². The second-order valence-corrected chi connectivity index (χ2v) is 9.42. The Morgan fingerprint density at radius 1 is 1.06 bits per heavy atom. The zero-order valence-corrected chi connectivity index (χ0v) is 20.1. The van der Waals surface area contributed by atoms with E-state index in [1.54, 1.807) is 16.2 Å². The first kappa shape index (κ1) is 22.2. The average molecular weight is 491 g/mol. The maximum atomic E-state index is 13.4. The van der Waals surface area contributed by atoms with E-state index in [2.05, 4.69) is 10.1 Å². The molecule has 0 aliphatic rings. The molecule has 0 aliphatic heterocycles. The highest BCUT2D eigenvalue weighted by atomic mass is 32.1. The molecular formula is C25H22N4O3S2. The van der Waals surface area contributed by atoms with Gasteiger partial charge in [-0.05, 0) is 61.2 Å². The molecule has 0 aliphatic carbocycles. The maximum absolute atomic E-state index is 13.4. The Balaban J connectivity index is 1.33. The van der Waals surface area contributed by atoms with Gasteiger partial charge in [0.05, 0.1) is 27.4 Å². The van der Waals surface area contributed by atoms with Gasteiger partial charge in [-0.2, -0.15) is 4.98 Å². The molecule has 3 heterocycles. The predicted octanol–water partition coefficient (Wildman–Crippen LogP) is 6.49. The summed E-state index contributed by atoms with van der Waals surface area (Å²) >= 11 is 3.06. The molecule has 0 bridgehead atoms. The number of hydrogen-bond donors (Lipinski definition) is 0. The van der Waals surface area contributed by atoms with Gasteiger partial charge < -0.3 is 9.26 Å². The van der Waals surface area contributed by atoms with Crippen LogP contribution in [0.15, 0.2) is 70.6 Å². The second kappa shape index (κ2) is 10.1. The van der Waals surface area contributed by atoms with Crippen LogP contribution in [0.4, 0.5) is 10.8 Å². The van der Waals surface area contributed by atoms with Crippen LogP contribution in [0.25, 0.3) is 20.9 Å². The first-order valence-electron chi connectivity index (χ1n) is 11.0. The zero-order valence-electron chi connectivity index (χ0n) is 18.5. The van der Waals surface area contributed by atoms with Crippen molar-refractivity contribution in [3.63, 3.8) is 0 Å². The van der Waals surface area contributed by atoms with Crippen LogP contribution in [-0.4, -0.2) is 27.6 Å². The number of hydrogen-bond acceptors (Lipinski definition) is 8. The standard InChI is InChI=1S/C25H22N4O3S2/c1-2-31-18-14-12-17(13-15-18)29(25-26-19-7-3-4-8-20(19)34-25)23(30)11-5-10-22-27-24(28-32-22)21-9-6-16-33-21/h3-4,6-9,12-16H,2,5,10-11H2,1H3. The minimum absolute atomic E-state index is 0.0405. The number of nitrogens with zero attached hydrogens (tertiary/aromatic N) is 4.